The Morgan fingerprint density at radius 3 is 2.75 bits per heavy atom. The second-order valence-electron chi connectivity index (χ2n) is 4.70. The van der Waals surface area contributed by atoms with Gasteiger partial charge in [-0.2, -0.15) is 0 Å². The summed E-state index contributed by atoms with van der Waals surface area (Å²) in [7, 11) is 2.21. The molecule has 0 saturated heterocycles. The summed E-state index contributed by atoms with van der Waals surface area (Å²) in [5.41, 5.74) is 7.95. The quantitative estimate of drug-likeness (QED) is 0.861. The molecule has 0 heterocycles. The van der Waals surface area contributed by atoms with Gasteiger partial charge in [-0.05, 0) is 43.7 Å². The lowest BCUT2D eigenvalue weighted by Crippen LogP contribution is -2.28. The Morgan fingerprint density at radius 2 is 2.06 bits per heavy atom. The fraction of sp³-hybridized carbons (Fsp3) is 0.538. The third kappa shape index (κ3) is 2.77. The third-order valence-corrected chi connectivity index (χ3v) is 4.21. The van der Waals surface area contributed by atoms with Crippen molar-refractivity contribution in [3.8, 4) is 0 Å². The average Bonchev–Trinajstić information content (AvgIpc) is 2.76. The smallest absolute Gasteiger partial charge is 0.0318 e. The van der Waals surface area contributed by atoms with Gasteiger partial charge in [0.25, 0.3) is 0 Å². The Balaban J connectivity index is 2.04. The van der Waals surface area contributed by atoms with E-state index in [1.54, 1.807) is 0 Å². The number of hydrogen-bond donors (Lipinski definition) is 1. The van der Waals surface area contributed by atoms with Crippen molar-refractivity contribution < 1.29 is 0 Å². The SMILES string of the molecule is CN(Cc1cc(N)ccc1Br)C1CCCC1. The van der Waals surface area contributed by atoms with E-state index in [0.29, 0.717) is 0 Å². The van der Waals surface area contributed by atoms with Gasteiger partial charge in [-0.3, -0.25) is 4.90 Å². The van der Waals surface area contributed by atoms with Gasteiger partial charge in [-0.1, -0.05) is 28.8 Å². The van der Waals surface area contributed by atoms with Crippen LogP contribution in [0.3, 0.4) is 0 Å². The van der Waals surface area contributed by atoms with Crippen molar-refractivity contribution in [2.45, 2.75) is 38.3 Å². The van der Waals surface area contributed by atoms with Crippen LogP contribution in [0.2, 0.25) is 0 Å². The highest BCUT2D eigenvalue weighted by Gasteiger charge is 2.19. The van der Waals surface area contributed by atoms with Gasteiger partial charge in [-0.25, -0.2) is 0 Å². The van der Waals surface area contributed by atoms with Gasteiger partial charge >= 0.3 is 0 Å². The normalized spacial score (nSPS) is 17.2. The minimum atomic E-state index is 0.758. The molecule has 1 saturated carbocycles. The largest absolute Gasteiger partial charge is 0.399 e. The number of halogens is 1. The third-order valence-electron chi connectivity index (χ3n) is 3.44. The molecule has 0 unspecified atom stereocenters. The molecule has 16 heavy (non-hydrogen) atoms. The summed E-state index contributed by atoms with van der Waals surface area (Å²) in [6.45, 7) is 0.982. The molecule has 2 nitrogen and oxygen atoms in total. The lowest BCUT2D eigenvalue weighted by atomic mass is 10.1. The van der Waals surface area contributed by atoms with Crippen molar-refractivity contribution in [3.05, 3.63) is 28.2 Å². The average molecular weight is 283 g/mol. The number of nitrogens with two attached hydrogens (primary N) is 1. The van der Waals surface area contributed by atoms with Crippen molar-refractivity contribution in [2.24, 2.45) is 0 Å². The summed E-state index contributed by atoms with van der Waals surface area (Å²) in [6.07, 6.45) is 5.45. The Kier molecular flexibility index (Phi) is 3.87. The maximum absolute atomic E-state index is 5.82. The van der Waals surface area contributed by atoms with Crippen LogP contribution in [0.25, 0.3) is 0 Å². The number of rotatable bonds is 3. The Bertz CT molecular complexity index is 359. The van der Waals surface area contributed by atoms with Gasteiger partial charge in [-0.15, -0.1) is 0 Å². The maximum atomic E-state index is 5.82. The van der Waals surface area contributed by atoms with Crippen molar-refractivity contribution in [2.75, 3.05) is 12.8 Å². The summed E-state index contributed by atoms with van der Waals surface area (Å²) in [5, 5.41) is 0. The summed E-state index contributed by atoms with van der Waals surface area (Å²) in [5.74, 6) is 0. The zero-order chi connectivity index (χ0) is 11.5. The van der Waals surface area contributed by atoms with Crippen LogP contribution in [0, 0.1) is 0 Å². The molecule has 0 amide bonds. The first-order valence-corrected chi connectivity index (χ1v) is 6.70. The van der Waals surface area contributed by atoms with E-state index in [-0.39, 0.29) is 0 Å². The topological polar surface area (TPSA) is 29.3 Å². The first-order chi connectivity index (χ1) is 7.66. The predicted octanol–water partition coefficient (Wildman–Crippen LogP) is 3.41. The van der Waals surface area contributed by atoms with Crippen LogP contribution in [0.15, 0.2) is 22.7 Å². The van der Waals surface area contributed by atoms with Crippen LogP contribution in [-0.2, 0) is 6.54 Å². The number of nitrogen functional groups attached to an aromatic ring is 1. The van der Waals surface area contributed by atoms with Crippen molar-refractivity contribution >= 4 is 21.6 Å². The Labute approximate surface area is 106 Å². The molecule has 0 aliphatic heterocycles. The molecule has 0 aromatic heterocycles. The maximum Gasteiger partial charge on any atom is 0.0318 e. The molecule has 1 aromatic carbocycles. The minimum Gasteiger partial charge on any atom is -0.399 e. The highest BCUT2D eigenvalue weighted by molar-refractivity contribution is 9.10. The molecule has 1 aliphatic carbocycles. The van der Waals surface area contributed by atoms with E-state index >= 15 is 0 Å². The van der Waals surface area contributed by atoms with Crippen LogP contribution in [0.5, 0.6) is 0 Å². The molecule has 0 radical (unpaired) electrons. The van der Waals surface area contributed by atoms with Gasteiger partial charge in [0.05, 0.1) is 0 Å². The van der Waals surface area contributed by atoms with E-state index in [0.717, 1.165) is 22.7 Å². The van der Waals surface area contributed by atoms with E-state index in [1.165, 1.54) is 31.2 Å². The Morgan fingerprint density at radius 1 is 1.38 bits per heavy atom. The van der Waals surface area contributed by atoms with Crippen molar-refractivity contribution in [1.29, 1.82) is 0 Å². The van der Waals surface area contributed by atoms with Crippen molar-refractivity contribution in [3.63, 3.8) is 0 Å². The molecule has 0 bridgehead atoms. The van der Waals surface area contributed by atoms with Crippen LogP contribution in [0.4, 0.5) is 5.69 Å². The van der Waals surface area contributed by atoms with Gasteiger partial charge in [0.1, 0.15) is 0 Å². The molecule has 1 aliphatic rings. The number of benzene rings is 1. The molecular formula is C13H19BrN2. The van der Waals surface area contributed by atoms with Gasteiger partial charge in [0.15, 0.2) is 0 Å². The summed E-state index contributed by atoms with van der Waals surface area (Å²) >= 11 is 3.59. The molecule has 0 atom stereocenters. The molecular weight excluding hydrogens is 264 g/mol. The zero-order valence-electron chi connectivity index (χ0n) is 9.75. The highest BCUT2D eigenvalue weighted by Crippen LogP contribution is 2.26. The molecule has 1 aromatic rings. The van der Waals surface area contributed by atoms with E-state index in [4.69, 9.17) is 5.73 Å². The molecule has 2 rings (SSSR count). The number of anilines is 1. The number of hydrogen-bond acceptors (Lipinski definition) is 2. The van der Waals surface area contributed by atoms with Crippen LogP contribution in [0.1, 0.15) is 31.2 Å². The lowest BCUT2D eigenvalue weighted by molar-refractivity contribution is 0.237. The fourth-order valence-electron chi connectivity index (χ4n) is 2.46. The van der Waals surface area contributed by atoms with Gasteiger partial charge in [0.2, 0.25) is 0 Å². The molecule has 1 fully saturated rings. The monoisotopic (exact) mass is 282 g/mol. The summed E-state index contributed by atoms with van der Waals surface area (Å²) in [4.78, 5) is 2.45. The first-order valence-electron chi connectivity index (χ1n) is 5.91. The second-order valence-corrected chi connectivity index (χ2v) is 5.56. The molecule has 0 spiro atoms. The molecule has 3 heteroatoms. The predicted molar refractivity (Wildman–Crippen MR) is 72.3 cm³/mol. The standard InChI is InChI=1S/C13H19BrN2/c1-16(12-4-2-3-5-12)9-10-8-11(15)6-7-13(10)14/h6-8,12H,2-5,9,15H2,1H3. The first kappa shape index (κ1) is 11.9. The Hall–Kier alpha value is -0.540. The van der Waals surface area contributed by atoms with Gasteiger partial charge < -0.3 is 5.73 Å². The van der Waals surface area contributed by atoms with Crippen molar-refractivity contribution in [1.82, 2.24) is 4.90 Å². The highest BCUT2D eigenvalue weighted by atomic mass is 79.9. The summed E-state index contributed by atoms with van der Waals surface area (Å²) < 4.78 is 1.16. The zero-order valence-corrected chi connectivity index (χ0v) is 11.3. The molecule has 2 N–H and O–H groups in total. The van der Waals surface area contributed by atoms with Crippen LogP contribution >= 0.6 is 15.9 Å². The second kappa shape index (κ2) is 5.19. The van der Waals surface area contributed by atoms with E-state index in [1.807, 2.05) is 12.1 Å². The molecule has 88 valence electrons. The van der Waals surface area contributed by atoms with Crippen LogP contribution < -0.4 is 5.73 Å². The lowest BCUT2D eigenvalue weighted by Gasteiger charge is -2.24. The fourth-order valence-corrected chi connectivity index (χ4v) is 2.83. The van der Waals surface area contributed by atoms with Crippen LogP contribution in [-0.4, -0.2) is 18.0 Å². The minimum absolute atomic E-state index is 0.758. The van der Waals surface area contributed by atoms with E-state index < -0.39 is 0 Å². The van der Waals surface area contributed by atoms with E-state index in [9.17, 15) is 0 Å². The number of nitrogens with zero attached hydrogens (tertiary/aromatic N) is 1. The van der Waals surface area contributed by atoms with Gasteiger partial charge in [0, 0.05) is 22.7 Å². The summed E-state index contributed by atoms with van der Waals surface area (Å²) in [6, 6.07) is 6.79. The van der Waals surface area contributed by atoms with E-state index in [2.05, 4.69) is 33.9 Å².